The lowest BCUT2D eigenvalue weighted by Gasteiger charge is -2.18. The Morgan fingerprint density at radius 1 is 1.03 bits per heavy atom. The number of anilines is 2. The molecule has 0 radical (unpaired) electrons. The third kappa shape index (κ3) is 5.32. The quantitative estimate of drug-likeness (QED) is 0.528. The number of amides is 3. The third-order valence-corrected chi connectivity index (χ3v) is 5.31. The molecule has 3 N–H and O–H groups in total. The highest BCUT2D eigenvalue weighted by atomic mass is 32.1. The van der Waals surface area contributed by atoms with E-state index in [0.29, 0.717) is 11.4 Å². The number of hydrogen-bond donors (Lipinski definition) is 3. The van der Waals surface area contributed by atoms with E-state index in [1.165, 1.54) is 6.92 Å². The van der Waals surface area contributed by atoms with Gasteiger partial charge in [-0.2, -0.15) is 5.10 Å². The van der Waals surface area contributed by atoms with E-state index in [1.807, 2.05) is 42.1 Å². The number of carbonyl (C=O) groups is 3. The number of nitrogens with zero attached hydrogens (tertiary/aromatic N) is 2. The molecule has 30 heavy (non-hydrogen) atoms. The summed E-state index contributed by atoms with van der Waals surface area (Å²) in [5.41, 5.74) is 2.93. The van der Waals surface area contributed by atoms with Crippen molar-refractivity contribution in [2.75, 3.05) is 17.2 Å². The Kier molecular flexibility index (Phi) is 6.63. The van der Waals surface area contributed by atoms with Crippen LogP contribution in [0.4, 0.5) is 11.4 Å². The van der Waals surface area contributed by atoms with Crippen molar-refractivity contribution in [3.63, 3.8) is 0 Å². The predicted molar refractivity (Wildman–Crippen MR) is 117 cm³/mol. The molecule has 2 heterocycles. The maximum atomic E-state index is 12.3. The van der Waals surface area contributed by atoms with Crippen LogP contribution in [0.2, 0.25) is 0 Å². The molecule has 1 aromatic carbocycles. The zero-order valence-electron chi connectivity index (χ0n) is 16.9. The summed E-state index contributed by atoms with van der Waals surface area (Å²) in [6, 6.07) is 12.2. The zero-order chi connectivity index (χ0) is 21.7. The molecule has 3 amide bonds. The largest absolute Gasteiger partial charge is 0.345 e. The van der Waals surface area contributed by atoms with E-state index in [9.17, 15) is 14.4 Å². The highest BCUT2D eigenvalue weighted by Crippen LogP contribution is 2.24. The smallest absolute Gasteiger partial charge is 0.313 e. The average Bonchev–Trinajstić information content (AvgIpc) is 3.33. The van der Waals surface area contributed by atoms with Crippen molar-refractivity contribution in [3.8, 4) is 0 Å². The number of rotatable bonds is 6. The van der Waals surface area contributed by atoms with Gasteiger partial charge in [0.15, 0.2) is 0 Å². The lowest BCUT2D eigenvalue weighted by Crippen LogP contribution is -2.39. The van der Waals surface area contributed by atoms with Crippen molar-refractivity contribution >= 4 is 40.4 Å². The molecule has 8 nitrogen and oxygen atoms in total. The van der Waals surface area contributed by atoms with Gasteiger partial charge in [-0.3, -0.25) is 19.1 Å². The molecule has 0 fully saturated rings. The van der Waals surface area contributed by atoms with Crippen LogP contribution in [0.1, 0.15) is 29.2 Å². The lowest BCUT2D eigenvalue weighted by molar-refractivity contribution is -0.136. The number of carbonyl (C=O) groups excluding carboxylic acids is 3. The Bertz CT molecular complexity index is 1040. The van der Waals surface area contributed by atoms with Gasteiger partial charge in [-0.15, -0.1) is 11.3 Å². The third-order valence-electron chi connectivity index (χ3n) is 4.34. The van der Waals surface area contributed by atoms with Crippen molar-refractivity contribution in [2.45, 2.75) is 26.8 Å². The summed E-state index contributed by atoms with van der Waals surface area (Å²) in [4.78, 5) is 36.7. The number of nitrogens with one attached hydrogen (secondary N) is 3. The van der Waals surface area contributed by atoms with Gasteiger partial charge in [0, 0.05) is 35.4 Å². The summed E-state index contributed by atoms with van der Waals surface area (Å²) in [5.74, 6) is -1.68. The monoisotopic (exact) mass is 425 g/mol. The second kappa shape index (κ2) is 9.36. The predicted octanol–water partition coefficient (Wildman–Crippen LogP) is 2.86. The highest BCUT2D eigenvalue weighted by molar-refractivity contribution is 7.10. The topological polar surface area (TPSA) is 105 Å². The first-order chi connectivity index (χ1) is 14.3. The molecular formula is C21H23N5O3S. The minimum Gasteiger partial charge on any atom is -0.345 e. The van der Waals surface area contributed by atoms with Crippen molar-refractivity contribution in [3.05, 3.63) is 64.1 Å². The summed E-state index contributed by atoms with van der Waals surface area (Å²) in [5, 5.41) is 14.4. The van der Waals surface area contributed by atoms with Crippen molar-refractivity contribution in [1.82, 2.24) is 15.1 Å². The Morgan fingerprint density at radius 2 is 1.70 bits per heavy atom. The highest BCUT2D eigenvalue weighted by Gasteiger charge is 2.21. The second-order valence-electron chi connectivity index (χ2n) is 6.83. The normalized spacial score (nSPS) is 11.6. The molecule has 2 aromatic heterocycles. The average molecular weight is 426 g/mol. The van der Waals surface area contributed by atoms with Gasteiger partial charge in [0.25, 0.3) is 0 Å². The number of aryl methyl sites for hydroxylation is 2. The van der Waals surface area contributed by atoms with Crippen LogP contribution in [0, 0.1) is 13.8 Å². The molecule has 0 bridgehead atoms. The van der Waals surface area contributed by atoms with E-state index >= 15 is 0 Å². The van der Waals surface area contributed by atoms with E-state index in [4.69, 9.17) is 0 Å². The van der Waals surface area contributed by atoms with Crippen molar-refractivity contribution in [1.29, 1.82) is 0 Å². The van der Waals surface area contributed by atoms with Crippen LogP contribution >= 0.6 is 11.3 Å². The Balaban J connectivity index is 1.63. The molecule has 1 atom stereocenters. The molecule has 0 aliphatic rings. The summed E-state index contributed by atoms with van der Waals surface area (Å²) >= 11 is 1.57. The molecule has 0 aliphatic heterocycles. The molecular weight excluding hydrogens is 402 g/mol. The van der Waals surface area contributed by atoms with Crippen LogP contribution in [0.15, 0.2) is 47.8 Å². The minimum absolute atomic E-state index is 0.186. The van der Waals surface area contributed by atoms with Crippen LogP contribution < -0.4 is 16.0 Å². The molecule has 0 saturated heterocycles. The second-order valence-corrected chi connectivity index (χ2v) is 7.80. The van der Waals surface area contributed by atoms with Crippen LogP contribution in [0.5, 0.6) is 0 Å². The Labute approximate surface area is 178 Å². The summed E-state index contributed by atoms with van der Waals surface area (Å²) in [6.45, 7) is 5.52. The summed E-state index contributed by atoms with van der Waals surface area (Å²) < 4.78 is 1.86. The van der Waals surface area contributed by atoms with Gasteiger partial charge >= 0.3 is 11.8 Å². The SMILES string of the molecule is CC(=O)Nc1ccc(NC(=O)C(=O)NCC(c2cccs2)n2nc(C)cc2C)cc1. The minimum atomic E-state index is -0.763. The van der Waals surface area contributed by atoms with Crippen LogP contribution in [-0.2, 0) is 14.4 Å². The van der Waals surface area contributed by atoms with E-state index in [1.54, 1.807) is 35.6 Å². The number of thiophene rings is 1. The fraction of sp³-hybridized carbons (Fsp3) is 0.238. The first-order valence-electron chi connectivity index (χ1n) is 9.36. The molecule has 3 aromatic rings. The van der Waals surface area contributed by atoms with Crippen molar-refractivity contribution < 1.29 is 14.4 Å². The lowest BCUT2D eigenvalue weighted by atomic mass is 10.2. The summed E-state index contributed by atoms with van der Waals surface area (Å²) in [6.07, 6.45) is 0. The molecule has 0 saturated carbocycles. The number of benzene rings is 1. The van der Waals surface area contributed by atoms with Gasteiger partial charge < -0.3 is 16.0 Å². The van der Waals surface area contributed by atoms with Gasteiger partial charge in [-0.25, -0.2) is 0 Å². The van der Waals surface area contributed by atoms with Gasteiger partial charge in [-0.1, -0.05) is 6.07 Å². The molecule has 156 valence electrons. The first-order valence-corrected chi connectivity index (χ1v) is 10.2. The molecule has 1 unspecified atom stereocenters. The standard InChI is InChI=1S/C21H23N5O3S/c1-13-11-14(2)26(25-13)18(19-5-4-10-30-19)12-22-20(28)21(29)24-17-8-6-16(7-9-17)23-15(3)27/h4-11,18H,12H2,1-3H3,(H,22,28)(H,23,27)(H,24,29). The van der Waals surface area contributed by atoms with E-state index in [0.717, 1.165) is 16.3 Å². The van der Waals surface area contributed by atoms with Gasteiger partial charge in [0.2, 0.25) is 5.91 Å². The van der Waals surface area contributed by atoms with Crippen molar-refractivity contribution in [2.24, 2.45) is 0 Å². The van der Waals surface area contributed by atoms with E-state index in [2.05, 4.69) is 21.0 Å². The number of hydrogen-bond acceptors (Lipinski definition) is 5. The Morgan fingerprint density at radius 3 is 2.23 bits per heavy atom. The van der Waals surface area contributed by atoms with Gasteiger partial charge in [-0.05, 0) is 55.6 Å². The maximum absolute atomic E-state index is 12.3. The maximum Gasteiger partial charge on any atom is 0.313 e. The fourth-order valence-corrected chi connectivity index (χ4v) is 3.86. The van der Waals surface area contributed by atoms with Crippen LogP contribution in [-0.4, -0.2) is 34.0 Å². The van der Waals surface area contributed by atoms with E-state index < -0.39 is 11.8 Å². The number of aromatic nitrogens is 2. The first kappa shape index (κ1) is 21.3. The van der Waals surface area contributed by atoms with Gasteiger partial charge in [0.05, 0.1) is 5.69 Å². The van der Waals surface area contributed by atoms with Gasteiger partial charge in [0.1, 0.15) is 6.04 Å². The van der Waals surface area contributed by atoms with Crippen LogP contribution in [0.3, 0.4) is 0 Å². The van der Waals surface area contributed by atoms with E-state index in [-0.39, 0.29) is 18.5 Å². The zero-order valence-corrected chi connectivity index (χ0v) is 17.7. The summed E-state index contributed by atoms with van der Waals surface area (Å²) in [7, 11) is 0. The Hall–Kier alpha value is -3.46. The molecule has 0 spiro atoms. The molecule has 0 aliphatic carbocycles. The van der Waals surface area contributed by atoms with Crippen LogP contribution in [0.25, 0.3) is 0 Å². The molecule has 9 heteroatoms. The fourth-order valence-electron chi connectivity index (χ4n) is 3.05. The molecule has 3 rings (SSSR count).